The predicted octanol–water partition coefficient (Wildman–Crippen LogP) is 2.49. The normalized spacial score (nSPS) is 12.6. The molecule has 5 heteroatoms. The lowest BCUT2D eigenvalue weighted by atomic mass is 10.1. The molecule has 0 spiro atoms. The summed E-state index contributed by atoms with van der Waals surface area (Å²) in [7, 11) is 0. The Morgan fingerprint density at radius 1 is 1.39 bits per heavy atom. The fourth-order valence-corrected chi connectivity index (χ4v) is 1.86. The fourth-order valence-electron chi connectivity index (χ4n) is 1.86. The largest absolute Gasteiger partial charge is 0.337 e. The van der Waals surface area contributed by atoms with Gasteiger partial charge in [0, 0.05) is 18.0 Å². The standard InChI is InChI=1S/C13H18N4O/c1-3-5-11(14)13-16-12(17-18-13)10-6-7-15-8-9(10)4-2/h6-8,11H,3-5,14H2,1-2H3/t11-/m1/s1. The molecule has 2 heterocycles. The number of nitrogens with zero attached hydrogens (tertiary/aromatic N) is 3. The summed E-state index contributed by atoms with van der Waals surface area (Å²) in [5, 5.41) is 4.00. The van der Waals surface area contributed by atoms with E-state index in [1.165, 1.54) is 0 Å². The molecule has 0 radical (unpaired) electrons. The zero-order valence-corrected chi connectivity index (χ0v) is 10.8. The van der Waals surface area contributed by atoms with E-state index in [1.54, 1.807) is 6.20 Å². The van der Waals surface area contributed by atoms with Crippen molar-refractivity contribution in [1.29, 1.82) is 0 Å². The molecule has 96 valence electrons. The molecule has 0 saturated carbocycles. The highest BCUT2D eigenvalue weighted by Crippen LogP contribution is 2.22. The first kappa shape index (κ1) is 12.7. The SMILES string of the molecule is CCC[C@@H](N)c1nc(-c2ccncc2CC)no1. The quantitative estimate of drug-likeness (QED) is 0.876. The number of aryl methyl sites for hydroxylation is 1. The van der Waals surface area contributed by atoms with Crippen molar-refractivity contribution < 1.29 is 4.52 Å². The van der Waals surface area contributed by atoms with Gasteiger partial charge in [-0.3, -0.25) is 4.98 Å². The lowest BCUT2D eigenvalue weighted by molar-refractivity contribution is 0.348. The van der Waals surface area contributed by atoms with E-state index in [-0.39, 0.29) is 6.04 Å². The maximum Gasteiger partial charge on any atom is 0.243 e. The molecule has 0 aliphatic heterocycles. The molecule has 2 aromatic rings. The molecule has 18 heavy (non-hydrogen) atoms. The Kier molecular flexibility index (Phi) is 4.04. The van der Waals surface area contributed by atoms with E-state index in [0.717, 1.165) is 30.4 Å². The van der Waals surface area contributed by atoms with Gasteiger partial charge >= 0.3 is 0 Å². The average molecular weight is 246 g/mol. The van der Waals surface area contributed by atoms with Crippen LogP contribution in [0.1, 0.15) is 44.2 Å². The Hall–Kier alpha value is -1.75. The average Bonchev–Trinajstić information content (AvgIpc) is 2.88. The Morgan fingerprint density at radius 3 is 2.94 bits per heavy atom. The summed E-state index contributed by atoms with van der Waals surface area (Å²) in [4.78, 5) is 8.48. The molecule has 0 unspecified atom stereocenters. The zero-order chi connectivity index (χ0) is 13.0. The van der Waals surface area contributed by atoms with Crippen molar-refractivity contribution in [3.05, 3.63) is 29.9 Å². The van der Waals surface area contributed by atoms with Gasteiger partial charge in [0.1, 0.15) is 0 Å². The number of aromatic nitrogens is 3. The Balaban J connectivity index is 2.29. The van der Waals surface area contributed by atoms with Crippen LogP contribution in [0.2, 0.25) is 0 Å². The van der Waals surface area contributed by atoms with Crippen molar-refractivity contribution in [1.82, 2.24) is 15.1 Å². The Morgan fingerprint density at radius 2 is 2.22 bits per heavy atom. The second kappa shape index (κ2) is 5.73. The molecule has 0 amide bonds. The number of pyridine rings is 1. The van der Waals surface area contributed by atoms with Gasteiger partial charge in [-0.25, -0.2) is 0 Å². The lowest BCUT2D eigenvalue weighted by Gasteiger charge is -2.03. The van der Waals surface area contributed by atoms with Crippen LogP contribution in [-0.4, -0.2) is 15.1 Å². The van der Waals surface area contributed by atoms with E-state index in [2.05, 4.69) is 29.0 Å². The minimum absolute atomic E-state index is 0.178. The van der Waals surface area contributed by atoms with Gasteiger partial charge in [-0.2, -0.15) is 4.98 Å². The van der Waals surface area contributed by atoms with E-state index >= 15 is 0 Å². The second-order valence-corrected chi connectivity index (χ2v) is 4.24. The molecule has 0 fully saturated rings. The molecule has 0 aromatic carbocycles. The van der Waals surface area contributed by atoms with Gasteiger partial charge in [-0.1, -0.05) is 25.4 Å². The van der Waals surface area contributed by atoms with Crippen LogP contribution in [-0.2, 0) is 6.42 Å². The number of hydrogen-bond donors (Lipinski definition) is 1. The van der Waals surface area contributed by atoms with Gasteiger partial charge in [0.15, 0.2) is 0 Å². The van der Waals surface area contributed by atoms with Crippen molar-refractivity contribution in [2.45, 2.75) is 39.2 Å². The van der Waals surface area contributed by atoms with Gasteiger partial charge < -0.3 is 10.3 Å². The van der Waals surface area contributed by atoms with Crippen LogP contribution in [0.25, 0.3) is 11.4 Å². The first-order valence-corrected chi connectivity index (χ1v) is 6.28. The van der Waals surface area contributed by atoms with Crippen molar-refractivity contribution in [2.24, 2.45) is 5.73 Å². The molecule has 0 saturated heterocycles. The van der Waals surface area contributed by atoms with Crippen LogP contribution >= 0.6 is 0 Å². The number of hydrogen-bond acceptors (Lipinski definition) is 5. The number of nitrogens with two attached hydrogens (primary N) is 1. The fraction of sp³-hybridized carbons (Fsp3) is 0.462. The van der Waals surface area contributed by atoms with Crippen LogP contribution in [0.15, 0.2) is 23.0 Å². The van der Waals surface area contributed by atoms with Crippen molar-refractivity contribution in [3.8, 4) is 11.4 Å². The van der Waals surface area contributed by atoms with Crippen LogP contribution in [0.3, 0.4) is 0 Å². The first-order chi connectivity index (χ1) is 8.76. The highest BCUT2D eigenvalue weighted by Gasteiger charge is 2.16. The van der Waals surface area contributed by atoms with Crippen LogP contribution in [0.4, 0.5) is 0 Å². The monoisotopic (exact) mass is 246 g/mol. The van der Waals surface area contributed by atoms with Gasteiger partial charge in [0.2, 0.25) is 11.7 Å². The maximum absolute atomic E-state index is 5.96. The van der Waals surface area contributed by atoms with Crippen molar-refractivity contribution in [2.75, 3.05) is 0 Å². The van der Waals surface area contributed by atoms with E-state index in [4.69, 9.17) is 10.3 Å². The van der Waals surface area contributed by atoms with Gasteiger partial charge in [0.25, 0.3) is 0 Å². The van der Waals surface area contributed by atoms with Crippen molar-refractivity contribution >= 4 is 0 Å². The summed E-state index contributed by atoms with van der Waals surface area (Å²) in [5.41, 5.74) is 8.03. The summed E-state index contributed by atoms with van der Waals surface area (Å²) in [6, 6.07) is 1.72. The van der Waals surface area contributed by atoms with E-state index in [9.17, 15) is 0 Å². The molecule has 1 atom stereocenters. The van der Waals surface area contributed by atoms with Crippen LogP contribution in [0, 0.1) is 0 Å². The third-order valence-electron chi connectivity index (χ3n) is 2.88. The topological polar surface area (TPSA) is 77.8 Å². The van der Waals surface area contributed by atoms with E-state index < -0.39 is 0 Å². The van der Waals surface area contributed by atoms with Gasteiger partial charge in [0.05, 0.1) is 6.04 Å². The van der Waals surface area contributed by atoms with E-state index in [1.807, 2.05) is 12.3 Å². The third kappa shape index (κ3) is 2.56. The Labute approximate surface area is 106 Å². The molecular formula is C13H18N4O. The molecular weight excluding hydrogens is 228 g/mol. The summed E-state index contributed by atoms with van der Waals surface area (Å²) in [6.45, 7) is 4.15. The lowest BCUT2D eigenvalue weighted by Crippen LogP contribution is -2.09. The predicted molar refractivity (Wildman–Crippen MR) is 68.7 cm³/mol. The minimum Gasteiger partial charge on any atom is -0.337 e. The summed E-state index contributed by atoms with van der Waals surface area (Å²) < 4.78 is 5.23. The Bertz CT molecular complexity index is 509. The molecule has 2 aromatic heterocycles. The molecule has 5 nitrogen and oxygen atoms in total. The van der Waals surface area contributed by atoms with Crippen molar-refractivity contribution in [3.63, 3.8) is 0 Å². The molecule has 2 N–H and O–H groups in total. The number of rotatable bonds is 5. The first-order valence-electron chi connectivity index (χ1n) is 6.28. The highest BCUT2D eigenvalue weighted by atomic mass is 16.5. The molecule has 0 aliphatic carbocycles. The molecule has 2 rings (SSSR count). The minimum atomic E-state index is -0.178. The van der Waals surface area contributed by atoms with Crippen LogP contribution < -0.4 is 5.73 Å². The van der Waals surface area contributed by atoms with Gasteiger partial charge in [-0.15, -0.1) is 0 Å². The highest BCUT2D eigenvalue weighted by molar-refractivity contribution is 5.58. The molecule has 0 aliphatic rings. The molecule has 0 bridgehead atoms. The summed E-state index contributed by atoms with van der Waals surface area (Å²) in [5.74, 6) is 1.10. The van der Waals surface area contributed by atoms with Gasteiger partial charge in [-0.05, 0) is 24.5 Å². The smallest absolute Gasteiger partial charge is 0.243 e. The second-order valence-electron chi connectivity index (χ2n) is 4.24. The van der Waals surface area contributed by atoms with Crippen LogP contribution in [0.5, 0.6) is 0 Å². The van der Waals surface area contributed by atoms with E-state index in [0.29, 0.717) is 11.7 Å². The third-order valence-corrected chi connectivity index (χ3v) is 2.88. The summed E-state index contributed by atoms with van der Waals surface area (Å²) >= 11 is 0. The zero-order valence-electron chi connectivity index (χ0n) is 10.8. The summed E-state index contributed by atoms with van der Waals surface area (Å²) in [6.07, 6.45) is 6.29. The maximum atomic E-state index is 5.96.